The summed E-state index contributed by atoms with van der Waals surface area (Å²) in [5.41, 5.74) is 5.29. The van der Waals surface area contributed by atoms with Crippen molar-refractivity contribution in [3.8, 4) is 0 Å². The Hall–Kier alpha value is -0.980. The van der Waals surface area contributed by atoms with Gasteiger partial charge in [0.15, 0.2) is 5.82 Å². The Balaban J connectivity index is 2.65. The number of ether oxygens (including phenoxy) is 2. The molecular formula is C10H19N3O3. The molecule has 1 atom stereocenters. The van der Waals surface area contributed by atoms with Gasteiger partial charge in [-0.15, -0.1) is 0 Å². The molecule has 6 heteroatoms. The average Bonchev–Trinajstić information content (AvgIpc) is 2.65. The first kappa shape index (κ1) is 13.1. The van der Waals surface area contributed by atoms with Crippen molar-refractivity contribution < 1.29 is 14.0 Å². The van der Waals surface area contributed by atoms with E-state index in [0.29, 0.717) is 18.3 Å². The van der Waals surface area contributed by atoms with Crippen LogP contribution in [0.15, 0.2) is 4.52 Å². The maximum absolute atomic E-state index is 6.05. The fourth-order valence-corrected chi connectivity index (χ4v) is 1.07. The van der Waals surface area contributed by atoms with Gasteiger partial charge in [-0.25, -0.2) is 0 Å². The number of hydrogen-bond donors (Lipinski definition) is 1. The Morgan fingerprint density at radius 2 is 2.19 bits per heavy atom. The lowest BCUT2D eigenvalue weighted by Crippen LogP contribution is -2.40. The van der Waals surface area contributed by atoms with Crippen LogP contribution in [0.25, 0.3) is 0 Å². The maximum Gasteiger partial charge on any atom is 0.252 e. The summed E-state index contributed by atoms with van der Waals surface area (Å²) in [6.45, 7) is 6.33. The van der Waals surface area contributed by atoms with Gasteiger partial charge in [0.25, 0.3) is 5.89 Å². The second-order valence-corrected chi connectivity index (χ2v) is 4.22. The molecule has 0 bridgehead atoms. The Labute approximate surface area is 95.1 Å². The molecule has 2 N–H and O–H groups in total. The number of nitrogens with zero attached hydrogens (tertiary/aromatic N) is 2. The van der Waals surface area contributed by atoms with Crippen molar-refractivity contribution in [1.29, 1.82) is 0 Å². The molecule has 1 heterocycles. The molecule has 0 aromatic carbocycles. The SMILES string of the molecule is COCc1nc(C(C)(N)COC(C)C)no1. The largest absolute Gasteiger partial charge is 0.376 e. The van der Waals surface area contributed by atoms with Crippen LogP contribution >= 0.6 is 0 Å². The third-order valence-corrected chi connectivity index (χ3v) is 1.96. The Morgan fingerprint density at radius 1 is 1.50 bits per heavy atom. The van der Waals surface area contributed by atoms with Gasteiger partial charge >= 0.3 is 0 Å². The van der Waals surface area contributed by atoms with E-state index in [4.69, 9.17) is 19.7 Å². The summed E-state index contributed by atoms with van der Waals surface area (Å²) < 4.78 is 15.3. The van der Waals surface area contributed by atoms with Crippen LogP contribution in [0.3, 0.4) is 0 Å². The van der Waals surface area contributed by atoms with Crippen LogP contribution in [0, 0.1) is 0 Å². The van der Waals surface area contributed by atoms with Gasteiger partial charge in [-0.2, -0.15) is 4.98 Å². The van der Waals surface area contributed by atoms with Crippen LogP contribution < -0.4 is 5.73 Å². The number of rotatable bonds is 6. The maximum atomic E-state index is 6.05. The Kier molecular flexibility index (Phi) is 4.40. The molecule has 92 valence electrons. The van der Waals surface area contributed by atoms with E-state index in [1.54, 1.807) is 14.0 Å². The van der Waals surface area contributed by atoms with E-state index in [1.165, 1.54) is 0 Å². The standard InChI is InChI=1S/C10H19N3O3/c1-7(2)15-6-10(3,11)9-12-8(5-14-4)16-13-9/h7H,5-6,11H2,1-4H3. The van der Waals surface area contributed by atoms with Gasteiger partial charge in [-0.1, -0.05) is 5.16 Å². The molecule has 1 unspecified atom stereocenters. The van der Waals surface area contributed by atoms with Gasteiger partial charge < -0.3 is 19.7 Å². The molecule has 1 aromatic heterocycles. The number of aromatic nitrogens is 2. The minimum absolute atomic E-state index is 0.119. The molecule has 0 aliphatic carbocycles. The molecule has 0 fully saturated rings. The fraction of sp³-hybridized carbons (Fsp3) is 0.800. The van der Waals surface area contributed by atoms with Gasteiger partial charge in [-0.3, -0.25) is 0 Å². The van der Waals surface area contributed by atoms with Gasteiger partial charge in [0.05, 0.1) is 12.7 Å². The first-order chi connectivity index (χ1) is 7.45. The van der Waals surface area contributed by atoms with Crippen molar-refractivity contribution in [2.24, 2.45) is 5.73 Å². The molecule has 0 radical (unpaired) electrons. The molecule has 0 amide bonds. The lowest BCUT2D eigenvalue weighted by Gasteiger charge is -2.21. The fourth-order valence-electron chi connectivity index (χ4n) is 1.07. The topological polar surface area (TPSA) is 83.4 Å². The summed E-state index contributed by atoms with van der Waals surface area (Å²) in [5, 5.41) is 3.81. The van der Waals surface area contributed by atoms with E-state index in [9.17, 15) is 0 Å². The van der Waals surface area contributed by atoms with Crippen LogP contribution in [0.5, 0.6) is 0 Å². The summed E-state index contributed by atoms with van der Waals surface area (Å²) in [6, 6.07) is 0. The molecule has 16 heavy (non-hydrogen) atoms. The molecule has 0 saturated carbocycles. The quantitative estimate of drug-likeness (QED) is 0.777. The summed E-state index contributed by atoms with van der Waals surface area (Å²) in [6.07, 6.45) is 0.119. The zero-order chi connectivity index (χ0) is 12.2. The number of hydrogen-bond acceptors (Lipinski definition) is 6. The lowest BCUT2D eigenvalue weighted by molar-refractivity contribution is 0.0410. The summed E-state index contributed by atoms with van der Waals surface area (Å²) in [7, 11) is 1.56. The average molecular weight is 229 g/mol. The van der Waals surface area contributed by atoms with E-state index >= 15 is 0 Å². The highest BCUT2D eigenvalue weighted by Crippen LogP contribution is 2.15. The van der Waals surface area contributed by atoms with Crippen molar-refractivity contribution in [2.75, 3.05) is 13.7 Å². The third-order valence-electron chi connectivity index (χ3n) is 1.96. The van der Waals surface area contributed by atoms with Crippen molar-refractivity contribution in [3.63, 3.8) is 0 Å². The van der Waals surface area contributed by atoms with Gasteiger partial charge in [-0.05, 0) is 20.8 Å². The molecule has 0 spiro atoms. The minimum Gasteiger partial charge on any atom is -0.376 e. The van der Waals surface area contributed by atoms with E-state index in [0.717, 1.165) is 0 Å². The highest BCUT2D eigenvalue weighted by molar-refractivity contribution is 5.01. The van der Waals surface area contributed by atoms with Crippen molar-refractivity contribution in [3.05, 3.63) is 11.7 Å². The highest BCUT2D eigenvalue weighted by Gasteiger charge is 2.28. The second-order valence-electron chi connectivity index (χ2n) is 4.22. The lowest BCUT2D eigenvalue weighted by atomic mass is 10.1. The minimum atomic E-state index is -0.750. The molecule has 0 aliphatic rings. The summed E-state index contributed by atoms with van der Waals surface area (Å²) >= 11 is 0. The van der Waals surface area contributed by atoms with Crippen LogP contribution in [-0.2, 0) is 21.6 Å². The van der Waals surface area contributed by atoms with Gasteiger partial charge in [0.1, 0.15) is 12.1 Å². The smallest absolute Gasteiger partial charge is 0.252 e. The van der Waals surface area contributed by atoms with Crippen LogP contribution in [0.4, 0.5) is 0 Å². The Bertz CT molecular complexity index is 323. The van der Waals surface area contributed by atoms with Crippen molar-refractivity contribution in [1.82, 2.24) is 10.1 Å². The van der Waals surface area contributed by atoms with Crippen molar-refractivity contribution >= 4 is 0 Å². The van der Waals surface area contributed by atoms with Crippen molar-refractivity contribution in [2.45, 2.75) is 39.0 Å². The number of nitrogens with two attached hydrogens (primary N) is 1. The van der Waals surface area contributed by atoms with Gasteiger partial charge in [0.2, 0.25) is 0 Å². The second kappa shape index (κ2) is 5.38. The molecule has 1 rings (SSSR count). The molecular weight excluding hydrogens is 210 g/mol. The van der Waals surface area contributed by atoms with E-state index in [2.05, 4.69) is 10.1 Å². The zero-order valence-electron chi connectivity index (χ0n) is 10.2. The van der Waals surface area contributed by atoms with Crippen LogP contribution in [-0.4, -0.2) is 30.0 Å². The van der Waals surface area contributed by atoms with Crippen LogP contribution in [0.2, 0.25) is 0 Å². The first-order valence-electron chi connectivity index (χ1n) is 5.18. The van der Waals surface area contributed by atoms with Crippen LogP contribution in [0.1, 0.15) is 32.5 Å². The van der Waals surface area contributed by atoms with E-state index in [-0.39, 0.29) is 12.7 Å². The van der Waals surface area contributed by atoms with E-state index < -0.39 is 5.54 Å². The monoisotopic (exact) mass is 229 g/mol. The molecule has 0 aliphatic heterocycles. The highest BCUT2D eigenvalue weighted by atomic mass is 16.5. The predicted molar refractivity (Wildman–Crippen MR) is 57.6 cm³/mol. The number of methoxy groups -OCH3 is 1. The molecule has 0 saturated heterocycles. The Morgan fingerprint density at radius 3 is 2.75 bits per heavy atom. The molecule has 6 nitrogen and oxygen atoms in total. The predicted octanol–water partition coefficient (Wildman–Crippen LogP) is 0.815. The first-order valence-corrected chi connectivity index (χ1v) is 5.18. The summed E-state index contributed by atoms with van der Waals surface area (Å²) in [4.78, 5) is 4.14. The molecule has 1 aromatic rings. The zero-order valence-corrected chi connectivity index (χ0v) is 10.2. The summed E-state index contributed by atoms with van der Waals surface area (Å²) in [5.74, 6) is 0.846. The third kappa shape index (κ3) is 3.55. The van der Waals surface area contributed by atoms with Gasteiger partial charge in [0, 0.05) is 7.11 Å². The van der Waals surface area contributed by atoms with E-state index in [1.807, 2.05) is 13.8 Å². The normalized spacial score (nSPS) is 15.4.